The smallest absolute Gasteiger partial charge is 0.328 e. The molecule has 0 spiro atoms. The zero-order valence-electron chi connectivity index (χ0n) is 16.5. The molecule has 1 amide bonds. The molecule has 6 heteroatoms. The van der Waals surface area contributed by atoms with Crippen LogP contribution in [0.5, 0.6) is 0 Å². The zero-order valence-corrected chi connectivity index (χ0v) is 18.1. The molecule has 0 saturated carbocycles. The molecular weight excluding hydrogens is 420 g/mol. The van der Waals surface area contributed by atoms with Crippen molar-refractivity contribution in [3.05, 3.63) is 70.2 Å². The molecule has 0 aliphatic carbocycles. The van der Waals surface area contributed by atoms with E-state index < -0.39 is 17.6 Å². The number of ether oxygens (including phenoxy) is 1. The van der Waals surface area contributed by atoms with Gasteiger partial charge in [-0.15, -0.1) is 0 Å². The van der Waals surface area contributed by atoms with Gasteiger partial charge in [-0.2, -0.15) is 0 Å². The molecule has 0 heterocycles. The lowest BCUT2D eigenvalue weighted by Crippen LogP contribution is -2.58. The third-order valence-corrected chi connectivity index (χ3v) is 5.68. The largest absolute Gasteiger partial charge is 0.467 e. The lowest BCUT2D eigenvalue weighted by molar-refractivity contribution is -0.145. The molecule has 2 atom stereocenters. The van der Waals surface area contributed by atoms with Crippen LogP contribution in [-0.4, -0.2) is 30.6 Å². The van der Waals surface area contributed by atoms with Gasteiger partial charge in [0, 0.05) is 17.4 Å². The number of benzene rings is 2. The van der Waals surface area contributed by atoms with E-state index in [1.807, 2.05) is 68.4 Å². The monoisotopic (exact) mass is 446 g/mol. The van der Waals surface area contributed by atoms with Gasteiger partial charge in [0.2, 0.25) is 5.91 Å². The van der Waals surface area contributed by atoms with Crippen LogP contribution < -0.4 is 10.6 Å². The van der Waals surface area contributed by atoms with Crippen LogP contribution in [0, 0.1) is 0 Å². The third-order valence-electron chi connectivity index (χ3n) is 4.91. The number of amides is 1. The second kappa shape index (κ2) is 10.4. The number of halogens is 1. The Balaban J connectivity index is 2.09. The predicted molar refractivity (Wildman–Crippen MR) is 114 cm³/mol. The van der Waals surface area contributed by atoms with Gasteiger partial charge in [-0.3, -0.25) is 10.1 Å². The quantitative estimate of drug-likeness (QED) is 0.577. The Labute approximate surface area is 175 Å². The summed E-state index contributed by atoms with van der Waals surface area (Å²) in [4.78, 5) is 25.3. The van der Waals surface area contributed by atoms with Crippen molar-refractivity contribution in [3.8, 4) is 0 Å². The van der Waals surface area contributed by atoms with E-state index in [-0.39, 0.29) is 5.91 Å². The molecule has 28 heavy (non-hydrogen) atoms. The first kappa shape index (κ1) is 22.1. The van der Waals surface area contributed by atoms with Gasteiger partial charge in [-0.05, 0) is 30.5 Å². The summed E-state index contributed by atoms with van der Waals surface area (Å²) in [6.45, 7) is 4.31. The Kier molecular flexibility index (Phi) is 8.20. The highest BCUT2D eigenvalue weighted by molar-refractivity contribution is 9.10. The molecular formula is C22H27BrN2O3. The molecule has 150 valence electrons. The van der Waals surface area contributed by atoms with Crippen LogP contribution in [0.25, 0.3) is 0 Å². The summed E-state index contributed by atoms with van der Waals surface area (Å²) in [6, 6.07) is 16.7. The fraction of sp³-hybridized carbons (Fsp3) is 0.364. The fourth-order valence-electron chi connectivity index (χ4n) is 2.80. The SMILES string of the molecule is CC[C@](C)(NCc1ccccc1Br)C(=O)N[C@@H](Cc1ccccc1)C(=O)OC. The summed E-state index contributed by atoms with van der Waals surface area (Å²) in [5, 5.41) is 6.21. The van der Waals surface area contributed by atoms with Gasteiger partial charge in [0.05, 0.1) is 12.6 Å². The van der Waals surface area contributed by atoms with E-state index >= 15 is 0 Å². The van der Waals surface area contributed by atoms with Crippen LogP contribution in [0.3, 0.4) is 0 Å². The molecule has 0 aromatic heterocycles. The summed E-state index contributed by atoms with van der Waals surface area (Å²) in [6.07, 6.45) is 0.950. The van der Waals surface area contributed by atoms with Crippen molar-refractivity contribution in [2.75, 3.05) is 7.11 Å². The van der Waals surface area contributed by atoms with Crippen LogP contribution in [0.15, 0.2) is 59.1 Å². The molecule has 0 bridgehead atoms. The minimum atomic E-state index is -0.821. The summed E-state index contributed by atoms with van der Waals surface area (Å²) >= 11 is 3.53. The first-order chi connectivity index (χ1) is 13.4. The van der Waals surface area contributed by atoms with Crippen molar-refractivity contribution in [2.24, 2.45) is 0 Å². The topological polar surface area (TPSA) is 67.4 Å². The summed E-state index contributed by atoms with van der Waals surface area (Å²) in [5.74, 6) is -0.685. The predicted octanol–water partition coefficient (Wildman–Crippen LogP) is 3.61. The molecule has 0 aliphatic heterocycles. The average Bonchev–Trinajstić information content (AvgIpc) is 2.72. The van der Waals surface area contributed by atoms with Crippen LogP contribution in [0.2, 0.25) is 0 Å². The second-order valence-electron chi connectivity index (χ2n) is 6.87. The standard InChI is InChI=1S/C22H27BrN2O3/c1-4-22(2,24-15-17-12-8-9-13-18(17)23)21(27)25-19(20(26)28-3)14-16-10-6-5-7-11-16/h5-13,19,24H,4,14-15H2,1-3H3,(H,25,27)/t19-,22-/m0/s1. The Morgan fingerprint density at radius 3 is 2.36 bits per heavy atom. The number of nitrogens with one attached hydrogen (secondary N) is 2. The minimum absolute atomic E-state index is 0.228. The maximum Gasteiger partial charge on any atom is 0.328 e. The molecule has 0 aliphatic rings. The number of methoxy groups -OCH3 is 1. The normalized spacial score (nSPS) is 14.0. The lowest BCUT2D eigenvalue weighted by atomic mass is 9.95. The van der Waals surface area contributed by atoms with Crippen LogP contribution in [0.1, 0.15) is 31.4 Å². The van der Waals surface area contributed by atoms with E-state index in [1.54, 1.807) is 0 Å². The van der Waals surface area contributed by atoms with Gasteiger partial charge < -0.3 is 10.1 Å². The molecule has 0 fully saturated rings. The molecule has 0 unspecified atom stereocenters. The second-order valence-corrected chi connectivity index (χ2v) is 7.72. The first-order valence-electron chi connectivity index (χ1n) is 9.30. The Hall–Kier alpha value is -2.18. The molecule has 5 nitrogen and oxygen atoms in total. The van der Waals surface area contributed by atoms with Crippen molar-refractivity contribution < 1.29 is 14.3 Å². The first-order valence-corrected chi connectivity index (χ1v) is 10.1. The molecule has 0 saturated heterocycles. The molecule has 2 N–H and O–H groups in total. The van der Waals surface area contributed by atoms with Crippen molar-refractivity contribution >= 4 is 27.8 Å². The number of hydrogen-bond donors (Lipinski definition) is 2. The average molecular weight is 447 g/mol. The molecule has 2 rings (SSSR count). The summed E-state index contributed by atoms with van der Waals surface area (Å²) in [7, 11) is 1.33. The molecule has 2 aromatic carbocycles. The van der Waals surface area contributed by atoms with E-state index in [9.17, 15) is 9.59 Å². The fourth-order valence-corrected chi connectivity index (χ4v) is 3.23. The van der Waals surface area contributed by atoms with Crippen molar-refractivity contribution in [1.82, 2.24) is 10.6 Å². The van der Waals surface area contributed by atoms with Crippen molar-refractivity contribution in [3.63, 3.8) is 0 Å². The number of esters is 1. The van der Waals surface area contributed by atoms with Gasteiger partial charge in [0.15, 0.2) is 0 Å². The van der Waals surface area contributed by atoms with E-state index in [0.29, 0.717) is 19.4 Å². The highest BCUT2D eigenvalue weighted by Crippen LogP contribution is 2.18. The van der Waals surface area contributed by atoms with Gasteiger partial charge in [0.1, 0.15) is 6.04 Å². The number of carbonyl (C=O) groups excluding carboxylic acids is 2. The van der Waals surface area contributed by atoms with Gasteiger partial charge in [-0.25, -0.2) is 4.79 Å². The van der Waals surface area contributed by atoms with E-state index in [0.717, 1.165) is 15.6 Å². The van der Waals surface area contributed by atoms with E-state index in [1.165, 1.54) is 7.11 Å². The van der Waals surface area contributed by atoms with Crippen LogP contribution >= 0.6 is 15.9 Å². The maximum absolute atomic E-state index is 13.0. The van der Waals surface area contributed by atoms with E-state index in [2.05, 4.69) is 26.6 Å². The Morgan fingerprint density at radius 1 is 1.11 bits per heavy atom. The Morgan fingerprint density at radius 2 is 1.75 bits per heavy atom. The zero-order chi connectivity index (χ0) is 20.6. The number of rotatable bonds is 9. The van der Waals surface area contributed by atoms with Crippen LogP contribution in [0.4, 0.5) is 0 Å². The van der Waals surface area contributed by atoms with Gasteiger partial charge in [-0.1, -0.05) is 71.4 Å². The summed E-state index contributed by atoms with van der Waals surface area (Å²) in [5.41, 5.74) is 1.19. The Bertz CT molecular complexity index is 797. The number of hydrogen-bond acceptors (Lipinski definition) is 4. The van der Waals surface area contributed by atoms with Crippen LogP contribution in [-0.2, 0) is 27.3 Å². The van der Waals surface area contributed by atoms with Crippen molar-refractivity contribution in [2.45, 2.75) is 44.8 Å². The minimum Gasteiger partial charge on any atom is -0.467 e. The summed E-state index contributed by atoms with van der Waals surface area (Å²) < 4.78 is 5.88. The van der Waals surface area contributed by atoms with Gasteiger partial charge >= 0.3 is 5.97 Å². The van der Waals surface area contributed by atoms with Gasteiger partial charge in [0.25, 0.3) is 0 Å². The third kappa shape index (κ3) is 5.91. The highest BCUT2D eigenvalue weighted by Gasteiger charge is 2.34. The van der Waals surface area contributed by atoms with Crippen molar-refractivity contribution in [1.29, 1.82) is 0 Å². The van der Waals surface area contributed by atoms with E-state index in [4.69, 9.17) is 4.74 Å². The maximum atomic E-state index is 13.0. The highest BCUT2D eigenvalue weighted by atomic mass is 79.9. The number of carbonyl (C=O) groups is 2. The molecule has 0 radical (unpaired) electrons. The lowest BCUT2D eigenvalue weighted by Gasteiger charge is -2.30. The molecule has 2 aromatic rings.